The van der Waals surface area contributed by atoms with Gasteiger partial charge < -0.3 is 25.2 Å². The number of rotatable bonds is 6. The Morgan fingerprint density at radius 2 is 2.06 bits per heavy atom. The molecule has 0 bridgehead atoms. The van der Waals surface area contributed by atoms with Crippen LogP contribution in [0, 0.1) is 5.92 Å². The zero-order valence-corrected chi connectivity index (χ0v) is 18.2. The van der Waals surface area contributed by atoms with Crippen molar-refractivity contribution in [3.8, 4) is 5.75 Å². The van der Waals surface area contributed by atoms with Crippen LogP contribution in [0.15, 0.2) is 54.6 Å². The molecule has 168 valence electrons. The molecule has 2 heterocycles. The van der Waals surface area contributed by atoms with E-state index in [4.69, 9.17) is 4.74 Å². The fourth-order valence-electron chi connectivity index (χ4n) is 4.54. The molecule has 0 saturated carbocycles. The zero-order valence-electron chi connectivity index (χ0n) is 18.2. The van der Waals surface area contributed by atoms with Crippen molar-refractivity contribution in [3.05, 3.63) is 71.3 Å². The van der Waals surface area contributed by atoms with Crippen molar-refractivity contribution in [2.45, 2.75) is 38.0 Å². The van der Waals surface area contributed by atoms with Crippen LogP contribution in [0.25, 0.3) is 0 Å². The van der Waals surface area contributed by atoms with Crippen molar-refractivity contribution in [3.63, 3.8) is 0 Å². The second-order valence-electron chi connectivity index (χ2n) is 8.38. The van der Waals surface area contributed by atoms with Gasteiger partial charge in [0.05, 0.1) is 19.8 Å². The number of nitrogens with one attached hydrogen (secondary N) is 1. The number of anilines is 1. The lowest BCUT2D eigenvalue weighted by atomic mass is 9.83. The number of hydrogen-bond donors (Lipinski definition) is 3. The smallest absolute Gasteiger partial charge is 0.261 e. The number of amides is 2. The summed E-state index contributed by atoms with van der Waals surface area (Å²) in [6.07, 6.45) is 4.12. The Hall–Kier alpha value is -3.16. The van der Waals surface area contributed by atoms with E-state index in [1.54, 1.807) is 42.2 Å². The standard InChI is InChI=1S/C25H28N2O5/c1-16(25(31)21-13-20(32-2)10-11-22(21)26-24(25)30)6-5-9-23(29)27-14-18-8-4-3-7-17(18)12-19(27)15-28/h3-8,10-11,13,16,19,28,31H,9,12,14-15H2,1-2H3,(H,26,30)/b6-5+/t16-,19+,25+/m1/s1. The van der Waals surface area contributed by atoms with E-state index in [2.05, 4.69) is 5.32 Å². The number of benzene rings is 2. The number of ether oxygens (including phenoxy) is 1. The van der Waals surface area contributed by atoms with Crippen LogP contribution in [0.4, 0.5) is 5.69 Å². The Morgan fingerprint density at radius 3 is 2.78 bits per heavy atom. The van der Waals surface area contributed by atoms with Crippen molar-refractivity contribution < 1.29 is 24.5 Å². The van der Waals surface area contributed by atoms with Gasteiger partial charge in [0.15, 0.2) is 5.60 Å². The predicted molar refractivity (Wildman–Crippen MR) is 120 cm³/mol. The van der Waals surface area contributed by atoms with Gasteiger partial charge in [-0.05, 0) is 35.7 Å². The van der Waals surface area contributed by atoms with Crippen molar-refractivity contribution in [2.24, 2.45) is 5.92 Å². The van der Waals surface area contributed by atoms with Crippen LogP contribution >= 0.6 is 0 Å². The van der Waals surface area contributed by atoms with E-state index in [0.29, 0.717) is 30.0 Å². The summed E-state index contributed by atoms with van der Waals surface area (Å²) in [4.78, 5) is 27.2. The molecule has 0 fully saturated rings. The highest BCUT2D eigenvalue weighted by atomic mass is 16.5. The zero-order chi connectivity index (χ0) is 22.9. The molecule has 0 radical (unpaired) electrons. The Morgan fingerprint density at radius 1 is 1.31 bits per heavy atom. The monoisotopic (exact) mass is 436 g/mol. The molecule has 2 aromatic carbocycles. The van der Waals surface area contributed by atoms with E-state index in [1.165, 1.54) is 7.11 Å². The third-order valence-corrected chi connectivity index (χ3v) is 6.49. The quantitative estimate of drug-likeness (QED) is 0.604. The number of aliphatic hydroxyl groups excluding tert-OH is 1. The molecule has 0 saturated heterocycles. The molecule has 2 aliphatic rings. The largest absolute Gasteiger partial charge is 0.497 e. The summed E-state index contributed by atoms with van der Waals surface area (Å²) in [5.74, 6) is -0.631. The van der Waals surface area contributed by atoms with Crippen LogP contribution in [0.3, 0.4) is 0 Å². The maximum atomic E-state index is 12.9. The second-order valence-corrected chi connectivity index (χ2v) is 8.38. The molecular formula is C25H28N2O5. The van der Waals surface area contributed by atoms with E-state index < -0.39 is 17.4 Å². The molecule has 7 nitrogen and oxygen atoms in total. The van der Waals surface area contributed by atoms with Crippen LogP contribution < -0.4 is 10.1 Å². The first-order valence-corrected chi connectivity index (χ1v) is 10.7. The summed E-state index contributed by atoms with van der Waals surface area (Å²) in [6.45, 7) is 2.10. The fraction of sp³-hybridized carbons (Fsp3) is 0.360. The van der Waals surface area contributed by atoms with Crippen LogP contribution in [0.2, 0.25) is 0 Å². The van der Waals surface area contributed by atoms with E-state index >= 15 is 0 Å². The van der Waals surface area contributed by atoms with E-state index in [1.807, 2.05) is 24.3 Å². The second kappa shape index (κ2) is 8.76. The Labute approximate surface area is 187 Å². The van der Waals surface area contributed by atoms with Gasteiger partial charge in [-0.25, -0.2) is 0 Å². The highest BCUT2D eigenvalue weighted by Gasteiger charge is 2.48. The van der Waals surface area contributed by atoms with Gasteiger partial charge in [0.2, 0.25) is 5.91 Å². The number of aliphatic hydroxyl groups is 2. The van der Waals surface area contributed by atoms with Gasteiger partial charge in [0, 0.05) is 30.1 Å². The first-order valence-electron chi connectivity index (χ1n) is 10.7. The van der Waals surface area contributed by atoms with E-state index in [0.717, 1.165) is 11.1 Å². The number of fused-ring (bicyclic) bond motifs is 2. The third kappa shape index (κ3) is 3.78. The van der Waals surface area contributed by atoms with E-state index in [-0.39, 0.29) is 25.0 Å². The molecule has 2 amide bonds. The summed E-state index contributed by atoms with van der Waals surface area (Å²) in [5.41, 5.74) is 1.50. The summed E-state index contributed by atoms with van der Waals surface area (Å²) < 4.78 is 5.23. The maximum absolute atomic E-state index is 12.9. The molecule has 4 rings (SSSR count). The number of carbonyl (C=O) groups excluding carboxylic acids is 2. The molecule has 2 aliphatic heterocycles. The number of methoxy groups -OCH3 is 1. The highest BCUT2D eigenvalue weighted by molar-refractivity contribution is 6.05. The Kier molecular flexibility index (Phi) is 6.04. The summed E-state index contributed by atoms with van der Waals surface area (Å²) in [6, 6.07) is 12.8. The SMILES string of the molecule is COc1ccc2c(c1)[C@@](O)([C@H](C)/C=C/CC(=O)N1Cc3ccccc3C[C@H]1CO)C(=O)N2. The van der Waals surface area contributed by atoms with Gasteiger partial charge in [0.1, 0.15) is 5.75 Å². The molecule has 32 heavy (non-hydrogen) atoms. The minimum absolute atomic E-state index is 0.0985. The average molecular weight is 437 g/mol. The van der Waals surface area contributed by atoms with Crippen LogP contribution in [-0.2, 0) is 28.2 Å². The number of nitrogens with zero attached hydrogens (tertiary/aromatic N) is 1. The molecule has 0 spiro atoms. The third-order valence-electron chi connectivity index (χ3n) is 6.49. The maximum Gasteiger partial charge on any atom is 0.261 e. The molecule has 2 aromatic rings. The first-order chi connectivity index (χ1) is 15.4. The predicted octanol–water partition coefficient (Wildman–Crippen LogP) is 2.36. The molecule has 0 aromatic heterocycles. The molecular weight excluding hydrogens is 408 g/mol. The summed E-state index contributed by atoms with van der Waals surface area (Å²) in [7, 11) is 1.53. The van der Waals surface area contributed by atoms with Crippen molar-refractivity contribution in [1.29, 1.82) is 0 Å². The van der Waals surface area contributed by atoms with Crippen molar-refractivity contribution in [2.75, 3.05) is 19.0 Å². The Balaban J connectivity index is 1.47. The van der Waals surface area contributed by atoms with Crippen LogP contribution in [-0.4, -0.2) is 46.7 Å². The summed E-state index contributed by atoms with van der Waals surface area (Å²) in [5, 5.41) is 23.8. The highest BCUT2D eigenvalue weighted by Crippen LogP contribution is 2.43. The van der Waals surface area contributed by atoms with Gasteiger partial charge in [0.25, 0.3) is 5.91 Å². The minimum atomic E-state index is -1.75. The molecule has 0 aliphatic carbocycles. The lowest BCUT2D eigenvalue weighted by Gasteiger charge is -2.36. The normalized spacial score (nSPS) is 22.9. The molecule has 3 atom stereocenters. The number of carbonyl (C=O) groups is 2. The molecule has 3 N–H and O–H groups in total. The topological polar surface area (TPSA) is 99.1 Å². The molecule has 0 unspecified atom stereocenters. The summed E-state index contributed by atoms with van der Waals surface area (Å²) >= 11 is 0. The first kappa shape index (κ1) is 22.0. The minimum Gasteiger partial charge on any atom is -0.497 e. The van der Waals surface area contributed by atoms with E-state index in [9.17, 15) is 19.8 Å². The van der Waals surface area contributed by atoms with Gasteiger partial charge in [-0.1, -0.05) is 43.3 Å². The lowest BCUT2D eigenvalue weighted by Crippen LogP contribution is -2.46. The average Bonchev–Trinajstić information content (AvgIpc) is 3.08. The van der Waals surface area contributed by atoms with Crippen molar-refractivity contribution in [1.82, 2.24) is 4.90 Å². The van der Waals surface area contributed by atoms with Crippen molar-refractivity contribution >= 4 is 17.5 Å². The number of hydrogen-bond acceptors (Lipinski definition) is 5. The lowest BCUT2D eigenvalue weighted by molar-refractivity contribution is -0.137. The Bertz CT molecular complexity index is 1070. The fourth-order valence-corrected chi connectivity index (χ4v) is 4.54. The van der Waals surface area contributed by atoms with Gasteiger partial charge >= 0.3 is 0 Å². The van der Waals surface area contributed by atoms with Crippen LogP contribution in [0.1, 0.15) is 30.0 Å². The van der Waals surface area contributed by atoms with Gasteiger partial charge in [-0.2, -0.15) is 0 Å². The van der Waals surface area contributed by atoms with Crippen LogP contribution in [0.5, 0.6) is 5.75 Å². The van der Waals surface area contributed by atoms with Gasteiger partial charge in [-0.15, -0.1) is 0 Å². The molecule has 7 heteroatoms. The van der Waals surface area contributed by atoms with Gasteiger partial charge in [-0.3, -0.25) is 9.59 Å².